The average Bonchev–Trinajstić information content (AvgIpc) is 2.56. The SMILES string of the molecule is O=C1C[C@@H]2CCNCC[C@H]2N1Cc1ccccc1. The second-order valence-electron chi connectivity index (χ2n) is 5.37. The highest BCUT2D eigenvalue weighted by Crippen LogP contribution is 2.32. The van der Waals surface area contributed by atoms with Crippen molar-refractivity contribution in [3.05, 3.63) is 35.9 Å². The first-order chi connectivity index (χ1) is 8.84. The summed E-state index contributed by atoms with van der Waals surface area (Å²) in [6.45, 7) is 2.88. The highest BCUT2D eigenvalue weighted by Gasteiger charge is 2.39. The Morgan fingerprint density at radius 2 is 1.94 bits per heavy atom. The number of carbonyl (C=O) groups excluding carboxylic acids is 1. The third kappa shape index (κ3) is 2.27. The smallest absolute Gasteiger partial charge is 0.223 e. The van der Waals surface area contributed by atoms with Crippen molar-refractivity contribution in [2.45, 2.75) is 31.8 Å². The minimum absolute atomic E-state index is 0.343. The molecule has 0 unspecified atom stereocenters. The number of likely N-dealkylation sites (tertiary alicyclic amines) is 1. The lowest BCUT2D eigenvalue weighted by molar-refractivity contribution is -0.129. The lowest BCUT2D eigenvalue weighted by Crippen LogP contribution is -2.35. The highest BCUT2D eigenvalue weighted by molar-refractivity contribution is 5.79. The molecule has 0 aliphatic carbocycles. The first-order valence-corrected chi connectivity index (χ1v) is 6.89. The molecule has 2 aliphatic rings. The molecule has 2 saturated heterocycles. The Labute approximate surface area is 108 Å². The van der Waals surface area contributed by atoms with Gasteiger partial charge in [-0.2, -0.15) is 0 Å². The molecule has 2 fully saturated rings. The molecule has 3 heteroatoms. The van der Waals surface area contributed by atoms with Crippen LogP contribution in [0.4, 0.5) is 0 Å². The van der Waals surface area contributed by atoms with Crippen LogP contribution in [0.3, 0.4) is 0 Å². The Balaban J connectivity index is 1.76. The number of amides is 1. The van der Waals surface area contributed by atoms with Gasteiger partial charge in [0.25, 0.3) is 0 Å². The minimum Gasteiger partial charge on any atom is -0.335 e. The van der Waals surface area contributed by atoms with Gasteiger partial charge in [-0.1, -0.05) is 30.3 Å². The van der Waals surface area contributed by atoms with E-state index < -0.39 is 0 Å². The predicted molar refractivity (Wildman–Crippen MR) is 71.0 cm³/mol. The Hall–Kier alpha value is -1.35. The number of nitrogens with zero attached hydrogens (tertiary/aromatic N) is 1. The summed E-state index contributed by atoms with van der Waals surface area (Å²) in [7, 11) is 0. The van der Waals surface area contributed by atoms with Crippen LogP contribution in [-0.4, -0.2) is 29.9 Å². The monoisotopic (exact) mass is 244 g/mol. The average molecular weight is 244 g/mol. The van der Waals surface area contributed by atoms with E-state index in [1.54, 1.807) is 0 Å². The molecule has 3 rings (SSSR count). The van der Waals surface area contributed by atoms with E-state index in [0.717, 1.165) is 38.9 Å². The van der Waals surface area contributed by atoms with E-state index in [9.17, 15) is 4.79 Å². The molecule has 18 heavy (non-hydrogen) atoms. The molecule has 1 N–H and O–H groups in total. The van der Waals surface area contributed by atoms with Crippen molar-refractivity contribution in [1.29, 1.82) is 0 Å². The van der Waals surface area contributed by atoms with Crippen molar-refractivity contribution in [3.8, 4) is 0 Å². The van der Waals surface area contributed by atoms with E-state index in [4.69, 9.17) is 0 Å². The molecular weight excluding hydrogens is 224 g/mol. The molecule has 0 radical (unpaired) electrons. The van der Waals surface area contributed by atoms with Crippen LogP contribution >= 0.6 is 0 Å². The standard InChI is InChI=1S/C15H20N2O/c18-15-10-13-6-8-16-9-7-14(13)17(15)11-12-4-2-1-3-5-12/h1-5,13-14,16H,6-11H2/t13-,14+/m0/s1. The van der Waals surface area contributed by atoms with E-state index in [1.807, 2.05) is 18.2 Å². The molecule has 1 aromatic rings. The van der Waals surface area contributed by atoms with Gasteiger partial charge in [-0.15, -0.1) is 0 Å². The van der Waals surface area contributed by atoms with Crippen molar-refractivity contribution < 1.29 is 4.79 Å². The largest absolute Gasteiger partial charge is 0.335 e. The zero-order valence-electron chi connectivity index (χ0n) is 10.6. The molecule has 2 aliphatic heterocycles. The van der Waals surface area contributed by atoms with Crippen LogP contribution in [0.25, 0.3) is 0 Å². The Morgan fingerprint density at radius 1 is 1.17 bits per heavy atom. The molecule has 0 saturated carbocycles. The number of benzene rings is 1. The summed E-state index contributed by atoms with van der Waals surface area (Å²) < 4.78 is 0. The van der Waals surface area contributed by atoms with Crippen molar-refractivity contribution in [2.24, 2.45) is 5.92 Å². The van der Waals surface area contributed by atoms with Crippen LogP contribution in [0, 0.1) is 5.92 Å². The van der Waals surface area contributed by atoms with Crippen LogP contribution < -0.4 is 5.32 Å². The van der Waals surface area contributed by atoms with E-state index in [2.05, 4.69) is 22.3 Å². The number of hydrogen-bond donors (Lipinski definition) is 1. The van der Waals surface area contributed by atoms with Gasteiger partial charge in [-0.25, -0.2) is 0 Å². The zero-order chi connectivity index (χ0) is 12.4. The summed E-state index contributed by atoms with van der Waals surface area (Å²) in [4.78, 5) is 14.3. The number of carbonyl (C=O) groups is 1. The first-order valence-electron chi connectivity index (χ1n) is 6.89. The van der Waals surface area contributed by atoms with E-state index in [-0.39, 0.29) is 0 Å². The van der Waals surface area contributed by atoms with Gasteiger partial charge >= 0.3 is 0 Å². The first kappa shape index (κ1) is 11.7. The molecule has 96 valence electrons. The second-order valence-corrected chi connectivity index (χ2v) is 5.37. The van der Waals surface area contributed by atoms with Crippen LogP contribution in [0.15, 0.2) is 30.3 Å². The fourth-order valence-electron chi connectivity index (χ4n) is 3.25. The van der Waals surface area contributed by atoms with Crippen molar-refractivity contribution in [1.82, 2.24) is 10.2 Å². The molecule has 2 atom stereocenters. The maximum absolute atomic E-state index is 12.2. The third-order valence-corrected chi connectivity index (χ3v) is 4.21. The Kier molecular flexibility index (Phi) is 3.33. The van der Waals surface area contributed by atoms with Gasteiger partial charge in [0, 0.05) is 19.0 Å². The fraction of sp³-hybridized carbons (Fsp3) is 0.533. The van der Waals surface area contributed by atoms with Crippen LogP contribution in [0.5, 0.6) is 0 Å². The minimum atomic E-state index is 0.343. The number of nitrogens with one attached hydrogen (secondary N) is 1. The third-order valence-electron chi connectivity index (χ3n) is 4.21. The van der Waals surface area contributed by atoms with Gasteiger partial charge < -0.3 is 10.2 Å². The predicted octanol–water partition coefficient (Wildman–Crippen LogP) is 1.79. The van der Waals surface area contributed by atoms with Crippen LogP contribution in [0.2, 0.25) is 0 Å². The second kappa shape index (κ2) is 5.11. The lowest BCUT2D eigenvalue weighted by Gasteiger charge is -2.26. The summed E-state index contributed by atoms with van der Waals surface area (Å²) in [6.07, 6.45) is 2.99. The Bertz CT molecular complexity index is 418. The molecular formula is C15H20N2O. The summed E-state index contributed by atoms with van der Waals surface area (Å²) in [5.41, 5.74) is 1.24. The number of hydrogen-bond acceptors (Lipinski definition) is 2. The van der Waals surface area contributed by atoms with Gasteiger partial charge in [-0.05, 0) is 37.4 Å². The lowest BCUT2D eigenvalue weighted by atomic mass is 9.95. The number of fused-ring (bicyclic) bond motifs is 1. The van der Waals surface area contributed by atoms with Crippen molar-refractivity contribution in [3.63, 3.8) is 0 Å². The summed E-state index contributed by atoms with van der Waals surface area (Å²) in [5, 5.41) is 3.44. The quantitative estimate of drug-likeness (QED) is 0.860. The zero-order valence-corrected chi connectivity index (χ0v) is 10.6. The van der Waals surface area contributed by atoms with Crippen LogP contribution in [0.1, 0.15) is 24.8 Å². The van der Waals surface area contributed by atoms with Gasteiger partial charge in [-0.3, -0.25) is 4.79 Å². The maximum Gasteiger partial charge on any atom is 0.223 e. The molecule has 0 aromatic heterocycles. The molecule has 3 nitrogen and oxygen atoms in total. The highest BCUT2D eigenvalue weighted by atomic mass is 16.2. The van der Waals surface area contributed by atoms with Gasteiger partial charge in [0.1, 0.15) is 0 Å². The Morgan fingerprint density at radius 3 is 2.78 bits per heavy atom. The maximum atomic E-state index is 12.2. The molecule has 1 aromatic carbocycles. The van der Waals surface area contributed by atoms with Gasteiger partial charge in [0.05, 0.1) is 0 Å². The van der Waals surface area contributed by atoms with E-state index >= 15 is 0 Å². The van der Waals surface area contributed by atoms with Crippen LogP contribution in [-0.2, 0) is 11.3 Å². The molecule has 2 heterocycles. The summed E-state index contributed by atoms with van der Waals surface area (Å²) in [6, 6.07) is 10.8. The number of rotatable bonds is 2. The normalized spacial score (nSPS) is 28.0. The van der Waals surface area contributed by atoms with Gasteiger partial charge in [0.2, 0.25) is 5.91 Å². The fourth-order valence-corrected chi connectivity index (χ4v) is 3.25. The molecule has 0 bridgehead atoms. The van der Waals surface area contributed by atoms with E-state index in [0.29, 0.717) is 17.9 Å². The summed E-state index contributed by atoms with van der Waals surface area (Å²) >= 11 is 0. The van der Waals surface area contributed by atoms with Crippen molar-refractivity contribution in [2.75, 3.05) is 13.1 Å². The van der Waals surface area contributed by atoms with E-state index in [1.165, 1.54) is 5.56 Å². The summed E-state index contributed by atoms with van der Waals surface area (Å²) in [5.74, 6) is 0.909. The van der Waals surface area contributed by atoms with Crippen molar-refractivity contribution >= 4 is 5.91 Å². The topological polar surface area (TPSA) is 32.3 Å². The molecule has 1 amide bonds. The van der Waals surface area contributed by atoms with Gasteiger partial charge in [0.15, 0.2) is 0 Å². The molecule has 0 spiro atoms.